The van der Waals surface area contributed by atoms with Gasteiger partial charge in [-0.15, -0.1) is 0 Å². The molecule has 0 aliphatic carbocycles. The summed E-state index contributed by atoms with van der Waals surface area (Å²) in [6.07, 6.45) is 2.34. The van der Waals surface area contributed by atoms with E-state index in [0.717, 1.165) is 19.3 Å². The summed E-state index contributed by atoms with van der Waals surface area (Å²) in [6, 6.07) is 2.16. The van der Waals surface area contributed by atoms with Crippen molar-refractivity contribution in [2.45, 2.75) is 19.5 Å². The van der Waals surface area contributed by atoms with Crippen LogP contribution < -0.4 is 5.32 Å². The SMILES string of the molecule is CC(c1ccsc1)N1CCN(C(=O)Nc2cnn(C(F)F)c2)CC1. The van der Waals surface area contributed by atoms with Gasteiger partial charge in [-0.05, 0) is 29.3 Å². The Labute approximate surface area is 142 Å². The minimum atomic E-state index is -2.71. The molecule has 0 spiro atoms. The lowest BCUT2D eigenvalue weighted by Gasteiger charge is -2.37. The molecule has 3 heterocycles. The maximum atomic E-state index is 12.5. The van der Waals surface area contributed by atoms with E-state index in [0.29, 0.717) is 23.8 Å². The summed E-state index contributed by atoms with van der Waals surface area (Å²) in [6.45, 7) is 2.21. The Balaban J connectivity index is 1.51. The minimum absolute atomic E-state index is 0.273. The molecule has 0 saturated carbocycles. The largest absolute Gasteiger partial charge is 0.333 e. The van der Waals surface area contributed by atoms with Gasteiger partial charge < -0.3 is 10.2 Å². The molecule has 2 amide bonds. The lowest BCUT2D eigenvalue weighted by atomic mass is 10.1. The number of carbonyl (C=O) groups excluding carboxylic acids is 1. The summed E-state index contributed by atoms with van der Waals surface area (Å²) in [5.41, 5.74) is 1.56. The van der Waals surface area contributed by atoms with Gasteiger partial charge in [0, 0.05) is 32.2 Å². The second kappa shape index (κ2) is 7.27. The highest BCUT2D eigenvalue weighted by molar-refractivity contribution is 7.07. The lowest BCUT2D eigenvalue weighted by Crippen LogP contribution is -2.50. The van der Waals surface area contributed by atoms with E-state index in [1.54, 1.807) is 16.2 Å². The predicted molar refractivity (Wildman–Crippen MR) is 88.4 cm³/mol. The summed E-state index contributed by atoms with van der Waals surface area (Å²) < 4.78 is 25.5. The molecule has 1 aliphatic heterocycles. The van der Waals surface area contributed by atoms with Gasteiger partial charge in [0.1, 0.15) is 0 Å². The molecule has 2 aromatic rings. The number of carbonyl (C=O) groups is 1. The number of urea groups is 1. The van der Waals surface area contributed by atoms with Gasteiger partial charge in [0.15, 0.2) is 0 Å². The second-order valence-corrected chi connectivity index (χ2v) is 6.45. The van der Waals surface area contributed by atoms with Gasteiger partial charge in [-0.1, -0.05) is 0 Å². The number of amides is 2. The van der Waals surface area contributed by atoms with Crippen LogP contribution in [0.1, 0.15) is 25.1 Å². The van der Waals surface area contributed by atoms with Crippen molar-refractivity contribution < 1.29 is 13.6 Å². The maximum absolute atomic E-state index is 12.5. The molecule has 1 atom stereocenters. The average molecular weight is 355 g/mol. The van der Waals surface area contributed by atoms with Gasteiger partial charge in [-0.2, -0.15) is 25.2 Å². The number of halogens is 2. The van der Waals surface area contributed by atoms with E-state index in [1.165, 1.54) is 11.8 Å². The first-order chi connectivity index (χ1) is 11.5. The highest BCUT2D eigenvalue weighted by Crippen LogP contribution is 2.23. The van der Waals surface area contributed by atoms with Crippen LogP contribution in [-0.2, 0) is 0 Å². The van der Waals surface area contributed by atoms with Crippen molar-refractivity contribution in [1.82, 2.24) is 19.6 Å². The Morgan fingerprint density at radius 1 is 1.33 bits per heavy atom. The van der Waals surface area contributed by atoms with Crippen LogP contribution in [-0.4, -0.2) is 51.8 Å². The highest BCUT2D eigenvalue weighted by Gasteiger charge is 2.25. The lowest BCUT2D eigenvalue weighted by molar-refractivity contribution is 0.0566. The summed E-state index contributed by atoms with van der Waals surface area (Å²) in [5.74, 6) is 0. The van der Waals surface area contributed by atoms with Gasteiger partial charge in [0.2, 0.25) is 0 Å². The minimum Gasteiger partial charge on any atom is -0.322 e. The Bertz CT molecular complexity index is 667. The van der Waals surface area contributed by atoms with Crippen molar-refractivity contribution in [3.8, 4) is 0 Å². The fourth-order valence-corrected chi connectivity index (χ4v) is 3.49. The molecule has 6 nitrogen and oxygen atoms in total. The number of alkyl halides is 2. The number of nitrogens with zero attached hydrogens (tertiary/aromatic N) is 4. The number of thiophene rings is 1. The Morgan fingerprint density at radius 2 is 2.08 bits per heavy atom. The molecule has 3 rings (SSSR count). The standard InChI is InChI=1S/C15H19F2N5OS/c1-11(12-2-7-24-10-12)20-3-5-21(6-4-20)15(23)19-13-8-18-22(9-13)14(16)17/h2,7-11,14H,3-6H2,1H3,(H,19,23). The first-order valence-corrected chi connectivity index (χ1v) is 8.63. The topological polar surface area (TPSA) is 53.4 Å². The number of aromatic nitrogens is 2. The van der Waals surface area contributed by atoms with E-state index in [9.17, 15) is 13.6 Å². The van der Waals surface area contributed by atoms with Crippen LogP contribution in [0.5, 0.6) is 0 Å². The number of nitrogens with one attached hydrogen (secondary N) is 1. The zero-order valence-corrected chi connectivity index (χ0v) is 14.0. The van der Waals surface area contributed by atoms with Crippen molar-refractivity contribution in [2.24, 2.45) is 0 Å². The number of rotatable bonds is 4. The van der Waals surface area contributed by atoms with Gasteiger partial charge in [0.25, 0.3) is 0 Å². The third kappa shape index (κ3) is 3.73. The predicted octanol–water partition coefficient (Wildman–Crippen LogP) is 3.25. The fourth-order valence-electron chi connectivity index (χ4n) is 2.75. The molecular weight excluding hydrogens is 336 g/mol. The van der Waals surface area contributed by atoms with Crippen LogP contribution in [0.25, 0.3) is 0 Å². The molecule has 1 unspecified atom stereocenters. The van der Waals surface area contributed by atoms with Crippen LogP contribution in [0.2, 0.25) is 0 Å². The smallest absolute Gasteiger partial charge is 0.322 e. The van der Waals surface area contributed by atoms with Crippen molar-refractivity contribution in [1.29, 1.82) is 0 Å². The van der Waals surface area contributed by atoms with Crippen molar-refractivity contribution in [3.05, 3.63) is 34.8 Å². The third-order valence-electron chi connectivity index (χ3n) is 4.23. The fraction of sp³-hybridized carbons (Fsp3) is 0.467. The van der Waals surface area contributed by atoms with Crippen molar-refractivity contribution in [3.63, 3.8) is 0 Å². The highest BCUT2D eigenvalue weighted by atomic mass is 32.1. The molecule has 130 valence electrons. The zero-order valence-electron chi connectivity index (χ0n) is 13.2. The van der Waals surface area contributed by atoms with Gasteiger partial charge in [0.05, 0.1) is 18.1 Å². The van der Waals surface area contributed by atoms with E-state index in [4.69, 9.17) is 0 Å². The summed E-state index contributed by atoms with van der Waals surface area (Å²) >= 11 is 1.68. The van der Waals surface area contributed by atoms with Crippen LogP contribution >= 0.6 is 11.3 Å². The van der Waals surface area contributed by atoms with Crippen LogP contribution in [0.3, 0.4) is 0 Å². The molecule has 24 heavy (non-hydrogen) atoms. The molecule has 1 N–H and O–H groups in total. The molecular formula is C15H19F2N5OS. The second-order valence-electron chi connectivity index (χ2n) is 5.67. The van der Waals surface area contributed by atoms with Crippen LogP contribution in [0.4, 0.5) is 19.3 Å². The van der Waals surface area contributed by atoms with Crippen molar-refractivity contribution in [2.75, 3.05) is 31.5 Å². The first kappa shape index (κ1) is 16.8. The normalized spacial score (nSPS) is 17.2. The van der Waals surface area contributed by atoms with Crippen molar-refractivity contribution >= 4 is 23.1 Å². The molecule has 0 radical (unpaired) electrons. The molecule has 0 bridgehead atoms. The van der Waals surface area contributed by atoms with E-state index in [1.807, 2.05) is 0 Å². The molecule has 1 fully saturated rings. The van der Waals surface area contributed by atoms with Gasteiger partial charge in [-0.3, -0.25) is 4.90 Å². The number of piperazine rings is 1. The number of hydrogen-bond donors (Lipinski definition) is 1. The van der Waals surface area contributed by atoms with E-state index < -0.39 is 6.55 Å². The molecule has 2 aromatic heterocycles. The van der Waals surface area contributed by atoms with E-state index in [-0.39, 0.29) is 11.7 Å². The average Bonchev–Trinajstić information content (AvgIpc) is 3.26. The molecule has 1 saturated heterocycles. The number of hydrogen-bond acceptors (Lipinski definition) is 4. The number of anilines is 1. The Kier molecular flexibility index (Phi) is 5.10. The van der Waals surface area contributed by atoms with E-state index >= 15 is 0 Å². The van der Waals surface area contributed by atoms with Crippen LogP contribution in [0.15, 0.2) is 29.2 Å². The zero-order chi connectivity index (χ0) is 17.1. The molecule has 1 aliphatic rings. The third-order valence-corrected chi connectivity index (χ3v) is 4.93. The maximum Gasteiger partial charge on any atom is 0.333 e. The van der Waals surface area contributed by atoms with Gasteiger partial charge >= 0.3 is 12.6 Å². The van der Waals surface area contributed by atoms with Crippen LogP contribution in [0, 0.1) is 0 Å². The molecule has 0 aromatic carbocycles. The molecule has 9 heteroatoms. The first-order valence-electron chi connectivity index (χ1n) is 7.69. The summed E-state index contributed by atoms with van der Waals surface area (Å²) in [5, 5.41) is 10.3. The Hall–Kier alpha value is -2.00. The van der Waals surface area contributed by atoms with Gasteiger partial charge in [-0.25, -0.2) is 9.48 Å². The summed E-state index contributed by atoms with van der Waals surface area (Å²) in [4.78, 5) is 16.3. The summed E-state index contributed by atoms with van der Waals surface area (Å²) in [7, 11) is 0. The Morgan fingerprint density at radius 3 is 2.67 bits per heavy atom. The quantitative estimate of drug-likeness (QED) is 0.916. The monoisotopic (exact) mass is 355 g/mol. The van der Waals surface area contributed by atoms with E-state index in [2.05, 4.69) is 39.1 Å².